The molecule has 0 aliphatic rings. The van der Waals surface area contributed by atoms with Gasteiger partial charge in [-0.05, 0) is 36.7 Å². The summed E-state index contributed by atoms with van der Waals surface area (Å²) in [5.41, 5.74) is 1.78. The van der Waals surface area contributed by atoms with E-state index in [0.29, 0.717) is 5.02 Å². The molecule has 5 heteroatoms. The molecule has 0 unspecified atom stereocenters. The van der Waals surface area contributed by atoms with E-state index in [-0.39, 0.29) is 5.28 Å². The summed E-state index contributed by atoms with van der Waals surface area (Å²) in [5, 5.41) is 1.96. The van der Waals surface area contributed by atoms with Crippen LogP contribution in [0.5, 0.6) is 0 Å². The third-order valence-corrected chi connectivity index (χ3v) is 3.94. The number of thiophene rings is 1. The molecule has 3 aromatic rings. The standard InChI is InChI=1S/C13H8Cl2N2S/c1-7-5-10-11(8-3-2-4-9(14)6-8)16-13(15)17-12(10)18-7/h2-6H,1H3. The van der Waals surface area contributed by atoms with E-state index in [2.05, 4.69) is 16.0 Å². The number of aryl methyl sites for hydroxylation is 1. The van der Waals surface area contributed by atoms with E-state index in [1.807, 2.05) is 31.2 Å². The Kier molecular flexibility index (Phi) is 2.98. The Balaban J connectivity index is 2.34. The SMILES string of the molecule is Cc1cc2c(-c3cccc(Cl)c3)nc(Cl)nc2s1. The maximum Gasteiger partial charge on any atom is 0.224 e. The summed E-state index contributed by atoms with van der Waals surface area (Å²) in [4.78, 5) is 10.7. The Hall–Kier alpha value is -1.16. The zero-order chi connectivity index (χ0) is 12.7. The van der Waals surface area contributed by atoms with Crippen molar-refractivity contribution in [1.29, 1.82) is 0 Å². The fraction of sp³-hybridized carbons (Fsp3) is 0.0769. The molecule has 0 bridgehead atoms. The van der Waals surface area contributed by atoms with Crippen LogP contribution in [0.25, 0.3) is 21.5 Å². The van der Waals surface area contributed by atoms with Crippen molar-refractivity contribution in [3.8, 4) is 11.3 Å². The molecule has 0 spiro atoms. The highest BCUT2D eigenvalue weighted by atomic mass is 35.5. The van der Waals surface area contributed by atoms with E-state index < -0.39 is 0 Å². The van der Waals surface area contributed by atoms with Crippen molar-refractivity contribution in [2.45, 2.75) is 6.92 Å². The van der Waals surface area contributed by atoms with Gasteiger partial charge in [-0.15, -0.1) is 11.3 Å². The number of hydrogen-bond acceptors (Lipinski definition) is 3. The van der Waals surface area contributed by atoms with Crippen LogP contribution in [0, 0.1) is 6.92 Å². The summed E-state index contributed by atoms with van der Waals surface area (Å²) >= 11 is 13.6. The number of hydrogen-bond donors (Lipinski definition) is 0. The first-order valence-electron chi connectivity index (χ1n) is 5.33. The van der Waals surface area contributed by atoms with Gasteiger partial charge in [0.05, 0.1) is 5.69 Å². The second kappa shape index (κ2) is 4.50. The fourth-order valence-corrected chi connectivity index (χ4v) is 3.16. The molecule has 90 valence electrons. The fourth-order valence-electron chi connectivity index (χ4n) is 1.87. The van der Waals surface area contributed by atoms with Crippen LogP contribution < -0.4 is 0 Å². The quantitative estimate of drug-likeness (QED) is 0.592. The predicted octanol–water partition coefficient (Wildman–Crippen LogP) is 4.97. The largest absolute Gasteiger partial charge is 0.224 e. The Morgan fingerprint density at radius 2 is 1.94 bits per heavy atom. The van der Waals surface area contributed by atoms with E-state index in [1.165, 1.54) is 4.88 Å². The van der Waals surface area contributed by atoms with Gasteiger partial charge in [-0.1, -0.05) is 23.7 Å². The van der Waals surface area contributed by atoms with Crippen LogP contribution in [0.2, 0.25) is 10.3 Å². The molecule has 0 fully saturated rings. The normalized spacial score (nSPS) is 11.1. The molecule has 0 radical (unpaired) electrons. The predicted molar refractivity (Wildman–Crippen MR) is 77.6 cm³/mol. The average molecular weight is 295 g/mol. The summed E-state index contributed by atoms with van der Waals surface area (Å²) in [6.07, 6.45) is 0. The topological polar surface area (TPSA) is 25.8 Å². The Morgan fingerprint density at radius 3 is 2.72 bits per heavy atom. The second-order valence-corrected chi connectivity index (χ2v) is 5.94. The highest BCUT2D eigenvalue weighted by Crippen LogP contribution is 2.33. The number of benzene rings is 1. The van der Waals surface area contributed by atoms with Crippen molar-refractivity contribution in [1.82, 2.24) is 9.97 Å². The number of rotatable bonds is 1. The minimum Gasteiger partial charge on any atom is -0.217 e. The van der Waals surface area contributed by atoms with E-state index in [0.717, 1.165) is 21.5 Å². The number of aromatic nitrogens is 2. The molecule has 2 heterocycles. The number of nitrogens with zero attached hydrogens (tertiary/aromatic N) is 2. The molecule has 0 aliphatic heterocycles. The van der Waals surface area contributed by atoms with E-state index in [1.54, 1.807) is 11.3 Å². The van der Waals surface area contributed by atoms with Gasteiger partial charge in [0.2, 0.25) is 5.28 Å². The van der Waals surface area contributed by atoms with Crippen molar-refractivity contribution in [3.63, 3.8) is 0 Å². The van der Waals surface area contributed by atoms with Gasteiger partial charge in [0.25, 0.3) is 0 Å². The average Bonchev–Trinajstić information content (AvgIpc) is 2.68. The molecule has 0 saturated heterocycles. The van der Waals surface area contributed by atoms with Crippen molar-refractivity contribution in [2.24, 2.45) is 0 Å². The lowest BCUT2D eigenvalue weighted by atomic mass is 10.1. The van der Waals surface area contributed by atoms with Gasteiger partial charge in [0.1, 0.15) is 4.83 Å². The van der Waals surface area contributed by atoms with Crippen molar-refractivity contribution >= 4 is 44.8 Å². The van der Waals surface area contributed by atoms with Crippen molar-refractivity contribution in [3.05, 3.63) is 45.5 Å². The van der Waals surface area contributed by atoms with Gasteiger partial charge in [0, 0.05) is 20.8 Å². The maximum absolute atomic E-state index is 6.02. The molecule has 0 N–H and O–H groups in total. The smallest absolute Gasteiger partial charge is 0.217 e. The van der Waals surface area contributed by atoms with E-state index in [4.69, 9.17) is 23.2 Å². The molecule has 0 aliphatic carbocycles. The first-order chi connectivity index (χ1) is 8.63. The van der Waals surface area contributed by atoms with Gasteiger partial charge in [0.15, 0.2) is 0 Å². The van der Waals surface area contributed by atoms with Crippen LogP contribution in [-0.2, 0) is 0 Å². The van der Waals surface area contributed by atoms with Crippen LogP contribution in [0.1, 0.15) is 4.88 Å². The molecule has 0 saturated carbocycles. The van der Waals surface area contributed by atoms with Crippen LogP contribution in [0.15, 0.2) is 30.3 Å². The summed E-state index contributed by atoms with van der Waals surface area (Å²) in [6.45, 7) is 2.04. The second-order valence-electron chi connectivity index (χ2n) is 3.93. The summed E-state index contributed by atoms with van der Waals surface area (Å²) in [7, 11) is 0. The lowest BCUT2D eigenvalue weighted by molar-refractivity contribution is 1.24. The molecule has 18 heavy (non-hydrogen) atoms. The summed E-state index contributed by atoms with van der Waals surface area (Å²) in [5.74, 6) is 0. The van der Waals surface area contributed by atoms with Gasteiger partial charge in [-0.2, -0.15) is 0 Å². The lowest BCUT2D eigenvalue weighted by Crippen LogP contribution is -1.88. The van der Waals surface area contributed by atoms with E-state index >= 15 is 0 Å². The Morgan fingerprint density at radius 1 is 1.11 bits per heavy atom. The van der Waals surface area contributed by atoms with Crippen LogP contribution >= 0.6 is 34.5 Å². The molecular weight excluding hydrogens is 287 g/mol. The third-order valence-electron chi connectivity index (χ3n) is 2.59. The lowest BCUT2D eigenvalue weighted by Gasteiger charge is -2.03. The first kappa shape index (κ1) is 11.9. The maximum atomic E-state index is 6.02. The van der Waals surface area contributed by atoms with Gasteiger partial charge in [-0.3, -0.25) is 0 Å². The Labute approximate surface area is 118 Å². The molecule has 0 atom stereocenters. The molecular formula is C13H8Cl2N2S. The summed E-state index contributed by atoms with van der Waals surface area (Å²) < 4.78 is 0. The number of fused-ring (bicyclic) bond motifs is 1. The van der Waals surface area contributed by atoms with Crippen LogP contribution in [0.3, 0.4) is 0 Å². The first-order valence-corrected chi connectivity index (χ1v) is 6.90. The monoisotopic (exact) mass is 294 g/mol. The zero-order valence-electron chi connectivity index (χ0n) is 9.45. The highest BCUT2D eigenvalue weighted by molar-refractivity contribution is 7.18. The van der Waals surface area contributed by atoms with Crippen molar-refractivity contribution < 1.29 is 0 Å². The van der Waals surface area contributed by atoms with Gasteiger partial charge < -0.3 is 0 Å². The molecule has 1 aromatic carbocycles. The summed E-state index contributed by atoms with van der Waals surface area (Å²) in [6, 6.07) is 9.67. The zero-order valence-corrected chi connectivity index (χ0v) is 11.8. The highest BCUT2D eigenvalue weighted by Gasteiger charge is 2.11. The van der Waals surface area contributed by atoms with E-state index in [9.17, 15) is 0 Å². The van der Waals surface area contributed by atoms with Gasteiger partial charge in [-0.25, -0.2) is 9.97 Å². The third kappa shape index (κ3) is 2.09. The van der Waals surface area contributed by atoms with Gasteiger partial charge >= 0.3 is 0 Å². The minimum atomic E-state index is 0.263. The minimum absolute atomic E-state index is 0.263. The number of halogens is 2. The Bertz CT molecular complexity index is 737. The molecule has 2 nitrogen and oxygen atoms in total. The molecule has 2 aromatic heterocycles. The van der Waals surface area contributed by atoms with Crippen molar-refractivity contribution in [2.75, 3.05) is 0 Å². The van der Waals surface area contributed by atoms with Crippen LogP contribution in [-0.4, -0.2) is 9.97 Å². The van der Waals surface area contributed by atoms with Crippen LogP contribution in [0.4, 0.5) is 0 Å². The molecule has 0 amide bonds. The molecule has 3 rings (SSSR count).